The van der Waals surface area contributed by atoms with E-state index in [1.54, 1.807) is 37.3 Å². The van der Waals surface area contributed by atoms with E-state index in [0.29, 0.717) is 24.7 Å². The van der Waals surface area contributed by atoms with E-state index < -0.39 is 17.7 Å². The lowest BCUT2D eigenvalue weighted by Gasteiger charge is -2.21. The molecule has 0 saturated heterocycles. The summed E-state index contributed by atoms with van der Waals surface area (Å²) < 4.78 is 22.3. The van der Waals surface area contributed by atoms with Crippen molar-refractivity contribution in [1.82, 2.24) is 0 Å². The van der Waals surface area contributed by atoms with Crippen molar-refractivity contribution >= 4 is 46.4 Å². The highest BCUT2D eigenvalue weighted by Gasteiger charge is 2.32. The van der Waals surface area contributed by atoms with Gasteiger partial charge < -0.3 is 18.9 Å². The molecule has 1 atom stereocenters. The Bertz CT molecular complexity index is 1010. The topological polar surface area (TPSA) is 99.0 Å². The van der Waals surface area contributed by atoms with Gasteiger partial charge >= 0.3 is 0 Å². The number of hydrogen-bond donors (Lipinski definition) is 0. The minimum absolute atomic E-state index is 0.129. The Morgan fingerprint density at radius 2 is 1.64 bits per heavy atom. The van der Waals surface area contributed by atoms with Gasteiger partial charge in [-0.05, 0) is 32.9 Å². The van der Waals surface area contributed by atoms with Crippen molar-refractivity contribution in [1.29, 1.82) is 0 Å². The first kappa shape index (κ1) is 26.2. The Morgan fingerprint density at radius 3 is 2.15 bits per heavy atom. The summed E-state index contributed by atoms with van der Waals surface area (Å²) in [4.78, 5) is 25.4. The van der Waals surface area contributed by atoms with E-state index in [2.05, 4.69) is 10.2 Å². The molecular formula is C22H25Cl2N3O6. The van der Waals surface area contributed by atoms with Crippen molar-refractivity contribution in [2.45, 2.75) is 26.8 Å². The normalized spacial score (nSPS) is 11.7. The second-order valence-corrected chi connectivity index (χ2v) is 7.22. The molecule has 1 unspecified atom stereocenters. The van der Waals surface area contributed by atoms with Crippen LogP contribution in [-0.4, -0.2) is 45.2 Å². The minimum Gasteiger partial charge on any atom is -0.494 e. The van der Waals surface area contributed by atoms with Crippen LogP contribution < -0.4 is 23.4 Å². The van der Waals surface area contributed by atoms with Gasteiger partial charge in [-0.15, -0.1) is 5.11 Å². The summed E-state index contributed by atoms with van der Waals surface area (Å²) in [6, 6.07) is 6.46. The maximum absolute atomic E-state index is 13.1. The zero-order valence-corrected chi connectivity index (χ0v) is 20.4. The average Bonchev–Trinajstić information content (AvgIpc) is 2.79. The smallest absolute Gasteiger partial charge is 0.276 e. The summed E-state index contributed by atoms with van der Waals surface area (Å²) >= 11 is 12.6. The lowest BCUT2D eigenvalue weighted by Crippen LogP contribution is -2.36. The molecule has 0 bridgehead atoms. The van der Waals surface area contributed by atoms with Gasteiger partial charge in [0.25, 0.3) is 5.91 Å². The highest BCUT2D eigenvalue weighted by Crippen LogP contribution is 2.41. The number of ketones is 1. The number of carbonyl (C=O) groups is 2. The molecule has 0 fully saturated rings. The number of hydrogen-bond acceptors (Lipinski definition) is 8. The first-order valence-corrected chi connectivity index (χ1v) is 10.7. The number of ether oxygens (including phenoxy) is 4. The Morgan fingerprint density at radius 1 is 1.03 bits per heavy atom. The summed E-state index contributed by atoms with van der Waals surface area (Å²) in [5, 5.41) is 8.17. The van der Waals surface area contributed by atoms with Crippen molar-refractivity contribution in [3.05, 3.63) is 35.4 Å². The number of amides is 1. The molecule has 2 aromatic rings. The van der Waals surface area contributed by atoms with Gasteiger partial charge in [0.05, 0.1) is 32.5 Å². The molecule has 0 heterocycles. The fourth-order valence-corrected chi connectivity index (χ4v) is 3.32. The van der Waals surface area contributed by atoms with Crippen LogP contribution in [0.25, 0.3) is 0 Å². The van der Waals surface area contributed by atoms with Crippen LogP contribution in [0.5, 0.6) is 23.0 Å². The SMILES string of the molecule is CCOc1cc(Cl)c(N=NC(C(C)=O)C(=O)N(Cl)c2c(OC)cccc2OC)c(OCC)c1. The Kier molecular flexibility index (Phi) is 9.74. The molecule has 0 N–H and O–H groups in total. The molecule has 11 heteroatoms. The maximum Gasteiger partial charge on any atom is 0.276 e. The molecule has 2 rings (SSSR count). The maximum atomic E-state index is 13.1. The number of halogens is 2. The van der Waals surface area contributed by atoms with E-state index in [4.69, 9.17) is 42.3 Å². The fraction of sp³-hybridized carbons (Fsp3) is 0.364. The van der Waals surface area contributed by atoms with Gasteiger partial charge in [0.2, 0.25) is 6.04 Å². The van der Waals surface area contributed by atoms with Crippen molar-refractivity contribution < 1.29 is 28.5 Å². The van der Waals surface area contributed by atoms with Crippen LogP contribution in [0.4, 0.5) is 11.4 Å². The van der Waals surface area contributed by atoms with Gasteiger partial charge in [0, 0.05) is 23.9 Å². The van der Waals surface area contributed by atoms with Crippen LogP contribution in [-0.2, 0) is 9.59 Å². The number of Topliss-reactive ketones (excluding diaryl/α,β-unsaturated/α-hetero) is 1. The highest BCUT2D eigenvalue weighted by molar-refractivity contribution is 6.40. The van der Waals surface area contributed by atoms with E-state index in [1.807, 2.05) is 6.92 Å². The van der Waals surface area contributed by atoms with Crippen LogP contribution in [0, 0.1) is 0 Å². The third kappa shape index (κ3) is 6.27. The van der Waals surface area contributed by atoms with Crippen LogP contribution in [0.1, 0.15) is 20.8 Å². The molecular weight excluding hydrogens is 473 g/mol. The molecule has 9 nitrogen and oxygen atoms in total. The lowest BCUT2D eigenvalue weighted by atomic mass is 10.2. The molecule has 178 valence electrons. The number of nitrogens with zero attached hydrogens (tertiary/aromatic N) is 3. The molecule has 0 aliphatic carbocycles. The van der Waals surface area contributed by atoms with E-state index in [9.17, 15) is 9.59 Å². The molecule has 2 aromatic carbocycles. The predicted molar refractivity (Wildman–Crippen MR) is 126 cm³/mol. The molecule has 0 aliphatic rings. The van der Waals surface area contributed by atoms with E-state index in [1.165, 1.54) is 21.1 Å². The van der Waals surface area contributed by atoms with E-state index >= 15 is 0 Å². The number of para-hydroxylation sites is 1. The largest absolute Gasteiger partial charge is 0.494 e. The minimum atomic E-state index is -1.55. The van der Waals surface area contributed by atoms with Gasteiger partial charge in [-0.1, -0.05) is 17.7 Å². The summed E-state index contributed by atoms with van der Waals surface area (Å²) in [7, 11) is 2.83. The van der Waals surface area contributed by atoms with Crippen molar-refractivity contribution in [2.75, 3.05) is 31.9 Å². The fourth-order valence-electron chi connectivity index (χ4n) is 2.83. The number of benzene rings is 2. The zero-order chi connectivity index (χ0) is 24.5. The highest BCUT2D eigenvalue weighted by atomic mass is 35.5. The van der Waals surface area contributed by atoms with Crippen molar-refractivity contribution in [2.24, 2.45) is 10.2 Å². The summed E-state index contributed by atoms with van der Waals surface area (Å²) in [5.74, 6) is -0.116. The molecule has 1 amide bonds. The van der Waals surface area contributed by atoms with Gasteiger partial charge in [0.15, 0.2) is 11.5 Å². The Labute approximate surface area is 202 Å². The third-order valence-electron chi connectivity index (χ3n) is 4.30. The first-order valence-electron chi connectivity index (χ1n) is 10.00. The van der Waals surface area contributed by atoms with E-state index in [0.717, 1.165) is 4.42 Å². The molecule has 33 heavy (non-hydrogen) atoms. The van der Waals surface area contributed by atoms with E-state index in [-0.39, 0.29) is 27.9 Å². The summed E-state index contributed by atoms with van der Waals surface area (Å²) in [6.07, 6.45) is 0. The van der Waals surface area contributed by atoms with Crippen molar-refractivity contribution in [3.8, 4) is 23.0 Å². The Balaban J connectivity index is 2.45. The van der Waals surface area contributed by atoms with Gasteiger partial charge in [-0.3, -0.25) is 9.59 Å². The number of carbonyl (C=O) groups excluding carboxylic acids is 2. The second-order valence-electron chi connectivity index (χ2n) is 6.48. The number of anilines is 1. The Hall–Kier alpha value is -3.04. The summed E-state index contributed by atoms with van der Waals surface area (Å²) in [6.45, 7) is 5.58. The number of azo groups is 1. The van der Waals surface area contributed by atoms with Crippen LogP contribution in [0.3, 0.4) is 0 Å². The molecule has 0 radical (unpaired) electrons. The standard InChI is InChI=1S/C22H25Cl2N3O6/c1-6-32-14-11-15(23)20(18(12-14)33-7-2)26-25-19(13(3)28)22(29)27(24)21-16(30-4)9-8-10-17(21)31-5/h8-12,19H,6-7H2,1-5H3. The van der Waals surface area contributed by atoms with Gasteiger partial charge in [0.1, 0.15) is 28.6 Å². The first-order chi connectivity index (χ1) is 15.8. The van der Waals surface area contributed by atoms with Crippen molar-refractivity contribution in [3.63, 3.8) is 0 Å². The van der Waals surface area contributed by atoms with Gasteiger partial charge in [-0.2, -0.15) is 5.11 Å². The second kappa shape index (κ2) is 12.3. The van der Waals surface area contributed by atoms with Gasteiger partial charge in [-0.25, -0.2) is 4.42 Å². The zero-order valence-electron chi connectivity index (χ0n) is 18.9. The summed E-state index contributed by atoms with van der Waals surface area (Å²) in [5.41, 5.74) is 0.279. The van der Waals surface area contributed by atoms with Crippen LogP contribution in [0.2, 0.25) is 5.02 Å². The number of rotatable bonds is 11. The molecule has 0 aliphatic heterocycles. The molecule has 0 aromatic heterocycles. The monoisotopic (exact) mass is 497 g/mol. The molecule has 0 saturated carbocycles. The van der Waals surface area contributed by atoms with Crippen LogP contribution >= 0.6 is 23.4 Å². The molecule has 0 spiro atoms. The van der Waals surface area contributed by atoms with Crippen LogP contribution in [0.15, 0.2) is 40.6 Å². The lowest BCUT2D eigenvalue weighted by molar-refractivity contribution is -0.126. The average molecular weight is 498 g/mol. The quantitative estimate of drug-likeness (QED) is 0.234. The third-order valence-corrected chi connectivity index (χ3v) is 4.92. The number of methoxy groups -OCH3 is 2. The predicted octanol–water partition coefficient (Wildman–Crippen LogP) is 5.38.